The molecule has 1 atom stereocenters. The van der Waals surface area contributed by atoms with Crippen molar-refractivity contribution < 1.29 is 14.0 Å². The first-order valence-electron chi connectivity index (χ1n) is 6.21. The van der Waals surface area contributed by atoms with Crippen LogP contribution in [0.3, 0.4) is 0 Å². The largest absolute Gasteiger partial charge is 0.461 e. The lowest BCUT2D eigenvalue weighted by Crippen LogP contribution is -2.43. The number of hydrogen-bond donors (Lipinski definition) is 2. The van der Waals surface area contributed by atoms with Crippen molar-refractivity contribution in [1.29, 1.82) is 0 Å². The summed E-state index contributed by atoms with van der Waals surface area (Å²) in [5.41, 5.74) is 5.19. The second-order valence-electron chi connectivity index (χ2n) is 4.41. The average Bonchev–Trinajstić information content (AvgIpc) is 3.06. The van der Waals surface area contributed by atoms with Gasteiger partial charge in [-0.15, -0.1) is 23.7 Å². The minimum atomic E-state index is -0.862. The number of hydrogen-bond acceptors (Lipinski definition) is 4. The van der Waals surface area contributed by atoms with Crippen LogP contribution in [0.5, 0.6) is 0 Å². The summed E-state index contributed by atoms with van der Waals surface area (Å²) in [5, 5.41) is 2.53. The molecular weight excluding hydrogens is 288 g/mol. The molecule has 2 heterocycles. The zero-order valence-corrected chi connectivity index (χ0v) is 12.2. The summed E-state index contributed by atoms with van der Waals surface area (Å²) in [5.74, 6) is 2.78. The van der Waals surface area contributed by atoms with Crippen LogP contribution in [0.25, 0.3) is 10.6 Å². The second-order valence-corrected chi connectivity index (χ2v) is 5.49. The van der Waals surface area contributed by atoms with Crippen LogP contribution in [-0.4, -0.2) is 17.9 Å². The van der Waals surface area contributed by atoms with E-state index in [4.69, 9.17) is 16.6 Å². The predicted molar refractivity (Wildman–Crippen MR) is 80.7 cm³/mol. The fraction of sp³-hybridized carbons (Fsp3) is 0.200. The van der Waals surface area contributed by atoms with Crippen LogP contribution in [0, 0.1) is 19.3 Å². The van der Waals surface area contributed by atoms with Crippen LogP contribution in [-0.2, 0) is 4.79 Å². The molecule has 0 aliphatic carbocycles. The molecular formula is C15H14N2O3S. The molecule has 0 bridgehead atoms. The Kier molecular flexibility index (Phi) is 4.45. The van der Waals surface area contributed by atoms with Gasteiger partial charge in [-0.1, -0.05) is 0 Å². The van der Waals surface area contributed by atoms with Crippen molar-refractivity contribution in [1.82, 2.24) is 5.32 Å². The maximum absolute atomic E-state index is 12.1. The van der Waals surface area contributed by atoms with Crippen LogP contribution < -0.4 is 11.1 Å². The minimum absolute atomic E-state index is 0.0662. The lowest BCUT2D eigenvalue weighted by molar-refractivity contribution is -0.119. The van der Waals surface area contributed by atoms with Crippen LogP contribution in [0.1, 0.15) is 21.9 Å². The Morgan fingerprint density at radius 3 is 2.76 bits per heavy atom. The van der Waals surface area contributed by atoms with Gasteiger partial charge >= 0.3 is 0 Å². The second kappa shape index (κ2) is 6.29. The van der Waals surface area contributed by atoms with E-state index in [2.05, 4.69) is 11.2 Å². The Morgan fingerprint density at radius 2 is 2.19 bits per heavy atom. The maximum atomic E-state index is 12.1. The smallest absolute Gasteiger partial charge is 0.262 e. The molecule has 6 heteroatoms. The number of nitrogens with one attached hydrogen (secondary N) is 1. The molecule has 3 N–H and O–H groups in total. The van der Waals surface area contributed by atoms with Gasteiger partial charge in [-0.05, 0) is 31.2 Å². The van der Waals surface area contributed by atoms with E-state index in [0.29, 0.717) is 10.6 Å². The summed E-state index contributed by atoms with van der Waals surface area (Å²) < 4.78 is 5.50. The van der Waals surface area contributed by atoms with E-state index < -0.39 is 11.9 Å². The van der Waals surface area contributed by atoms with Gasteiger partial charge in [0, 0.05) is 6.42 Å². The van der Waals surface area contributed by atoms with E-state index in [1.165, 1.54) is 11.3 Å². The molecule has 1 unspecified atom stereocenters. The van der Waals surface area contributed by atoms with Crippen molar-refractivity contribution in [3.63, 3.8) is 0 Å². The Bertz CT molecular complexity index is 709. The third-order valence-corrected chi connectivity index (χ3v) is 3.88. The highest BCUT2D eigenvalue weighted by molar-refractivity contribution is 7.17. The van der Waals surface area contributed by atoms with Gasteiger partial charge in [0.15, 0.2) is 0 Å². The molecule has 5 nitrogen and oxygen atoms in total. The van der Waals surface area contributed by atoms with E-state index >= 15 is 0 Å². The van der Waals surface area contributed by atoms with Crippen LogP contribution in [0.4, 0.5) is 0 Å². The molecule has 0 aliphatic heterocycles. The first-order chi connectivity index (χ1) is 10.0. The Hall–Kier alpha value is -2.52. The van der Waals surface area contributed by atoms with Gasteiger partial charge < -0.3 is 15.5 Å². The molecule has 0 radical (unpaired) electrons. The number of carbonyl (C=O) groups excluding carboxylic acids is 2. The molecule has 21 heavy (non-hydrogen) atoms. The fourth-order valence-electron chi connectivity index (χ4n) is 1.73. The Morgan fingerprint density at radius 1 is 1.43 bits per heavy atom. The zero-order valence-electron chi connectivity index (χ0n) is 11.4. The minimum Gasteiger partial charge on any atom is -0.461 e. The summed E-state index contributed by atoms with van der Waals surface area (Å²) in [6.07, 6.45) is 5.21. The number of nitrogens with two attached hydrogens (primary N) is 1. The van der Waals surface area contributed by atoms with Gasteiger partial charge in [0.2, 0.25) is 5.91 Å². The normalized spacial score (nSPS) is 11.6. The number of thiophene rings is 1. The van der Waals surface area contributed by atoms with Crippen LogP contribution in [0.15, 0.2) is 28.7 Å². The summed E-state index contributed by atoms with van der Waals surface area (Å²) >= 11 is 1.27. The first-order valence-corrected chi connectivity index (χ1v) is 7.03. The highest BCUT2D eigenvalue weighted by Gasteiger charge is 2.19. The molecule has 0 aliphatic rings. The lowest BCUT2D eigenvalue weighted by Gasteiger charge is -2.11. The highest BCUT2D eigenvalue weighted by atomic mass is 32.1. The van der Waals surface area contributed by atoms with E-state index in [1.54, 1.807) is 12.1 Å². The summed E-state index contributed by atoms with van der Waals surface area (Å²) in [4.78, 5) is 24.6. The number of rotatable bonds is 5. The van der Waals surface area contributed by atoms with Crippen molar-refractivity contribution >= 4 is 23.2 Å². The van der Waals surface area contributed by atoms with Gasteiger partial charge in [-0.25, -0.2) is 0 Å². The maximum Gasteiger partial charge on any atom is 0.262 e. The quantitative estimate of drug-likeness (QED) is 0.827. The molecule has 2 rings (SSSR count). The van der Waals surface area contributed by atoms with Crippen molar-refractivity contribution in [2.24, 2.45) is 5.73 Å². The number of furan rings is 1. The topological polar surface area (TPSA) is 85.3 Å². The average molecular weight is 302 g/mol. The lowest BCUT2D eigenvalue weighted by atomic mass is 10.2. The van der Waals surface area contributed by atoms with Crippen molar-refractivity contribution in [2.45, 2.75) is 19.4 Å². The number of primary amides is 1. The molecule has 108 valence electrons. The molecule has 0 fully saturated rings. The predicted octanol–water partition coefficient (Wildman–Crippen LogP) is 1.92. The number of terminal acetylenes is 1. The van der Waals surface area contributed by atoms with Crippen molar-refractivity contribution in [3.8, 4) is 23.0 Å². The van der Waals surface area contributed by atoms with Gasteiger partial charge in [-0.3, -0.25) is 9.59 Å². The third kappa shape index (κ3) is 3.52. The van der Waals surface area contributed by atoms with Gasteiger partial charge in [-0.2, -0.15) is 0 Å². The van der Waals surface area contributed by atoms with E-state index in [9.17, 15) is 9.59 Å². The first kappa shape index (κ1) is 14.9. The van der Waals surface area contributed by atoms with Crippen LogP contribution in [0.2, 0.25) is 0 Å². The molecule has 0 spiro atoms. The van der Waals surface area contributed by atoms with E-state index in [-0.39, 0.29) is 12.3 Å². The Balaban J connectivity index is 2.12. The van der Waals surface area contributed by atoms with E-state index in [0.717, 1.165) is 10.6 Å². The monoisotopic (exact) mass is 302 g/mol. The SMILES string of the molecule is C#CCC(NC(=O)c1ccc(-c2ccc(C)o2)s1)C(N)=O. The molecule has 0 saturated carbocycles. The third-order valence-electron chi connectivity index (χ3n) is 2.78. The summed E-state index contributed by atoms with van der Waals surface area (Å²) in [7, 11) is 0. The number of carbonyl (C=O) groups is 2. The molecule has 0 aromatic carbocycles. The van der Waals surface area contributed by atoms with E-state index in [1.807, 2.05) is 19.1 Å². The van der Waals surface area contributed by atoms with Gasteiger partial charge in [0.1, 0.15) is 17.6 Å². The van der Waals surface area contributed by atoms with Gasteiger partial charge in [0.05, 0.1) is 9.75 Å². The summed E-state index contributed by atoms with van der Waals surface area (Å²) in [6.45, 7) is 1.85. The van der Waals surface area contributed by atoms with Gasteiger partial charge in [0.25, 0.3) is 5.91 Å². The van der Waals surface area contributed by atoms with Crippen LogP contribution >= 0.6 is 11.3 Å². The van der Waals surface area contributed by atoms with Crippen molar-refractivity contribution in [3.05, 3.63) is 34.9 Å². The standard InChI is InChI=1S/C15H14N2O3S/c1-3-4-10(14(16)18)17-15(19)13-8-7-12(21-13)11-6-5-9(2)20-11/h1,5-8,10H,4H2,2H3,(H2,16,18)(H,17,19). The fourth-order valence-corrected chi connectivity index (χ4v) is 2.60. The summed E-state index contributed by atoms with van der Waals surface area (Å²) in [6, 6.07) is 6.29. The number of aryl methyl sites for hydroxylation is 1. The Labute approximate surface area is 126 Å². The zero-order chi connectivity index (χ0) is 15.4. The highest BCUT2D eigenvalue weighted by Crippen LogP contribution is 2.29. The molecule has 2 aromatic heterocycles. The number of amides is 2. The molecule has 2 amide bonds. The molecule has 2 aromatic rings. The van der Waals surface area contributed by atoms with Crippen molar-refractivity contribution in [2.75, 3.05) is 0 Å². The molecule has 0 saturated heterocycles.